The molecule has 0 aliphatic carbocycles. The number of carbonyl (C=O) groups excluding carboxylic acids is 1. The Hall–Kier alpha value is -3.73. The van der Waals surface area contributed by atoms with Gasteiger partial charge in [0.2, 0.25) is 5.95 Å². The molecule has 4 rings (SSSR count). The number of aromatic nitrogens is 2. The maximum atomic E-state index is 11.9. The number of hydrogen-bond acceptors (Lipinski definition) is 9. The highest BCUT2D eigenvalue weighted by Crippen LogP contribution is 2.24. The molecule has 0 bridgehead atoms. The molecule has 0 saturated carbocycles. The molecule has 0 radical (unpaired) electrons. The number of aryl methyl sites for hydroxylation is 2. The van der Waals surface area contributed by atoms with Gasteiger partial charge in [-0.3, -0.25) is 14.7 Å². The number of aliphatic imine (C=N–C) groups is 1. The number of nitrogens with one attached hydrogen (secondary N) is 2. The zero-order valence-corrected chi connectivity index (χ0v) is 27.7. The second-order valence-electron chi connectivity index (χ2n) is 11.9. The largest absolute Gasteiger partial charge is 0.466 e. The average Bonchev–Trinajstić information content (AvgIpc) is 3.33. The first-order valence-electron chi connectivity index (χ1n) is 16.1. The monoisotopic (exact) mass is 618 g/mol. The minimum atomic E-state index is -0.705. The number of esters is 1. The van der Waals surface area contributed by atoms with E-state index in [1.807, 2.05) is 26.8 Å². The molecule has 3 N–H and O–H groups in total. The first-order chi connectivity index (χ1) is 21.6. The number of hydrogen-bond donors (Lipinski definition) is 3. The van der Waals surface area contributed by atoms with Crippen molar-refractivity contribution in [2.75, 3.05) is 50.0 Å². The fraction of sp³-hybridized carbons (Fsp3) is 0.514. The lowest BCUT2D eigenvalue weighted by Crippen LogP contribution is -2.44. The van der Waals surface area contributed by atoms with E-state index in [1.54, 1.807) is 6.92 Å². The lowest BCUT2D eigenvalue weighted by Gasteiger charge is -2.32. The van der Waals surface area contributed by atoms with E-state index >= 15 is 0 Å². The van der Waals surface area contributed by atoms with Crippen LogP contribution < -0.4 is 10.6 Å². The van der Waals surface area contributed by atoms with E-state index < -0.39 is 6.10 Å². The van der Waals surface area contributed by atoms with Crippen LogP contribution in [0, 0.1) is 13.8 Å². The third kappa shape index (κ3) is 10.1. The van der Waals surface area contributed by atoms with E-state index in [-0.39, 0.29) is 18.5 Å². The molecule has 0 spiro atoms. The van der Waals surface area contributed by atoms with E-state index in [0.717, 1.165) is 66.5 Å². The van der Waals surface area contributed by atoms with Crippen molar-refractivity contribution >= 4 is 34.4 Å². The zero-order chi connectivity index (χ0) is 32.3. The van der Waals surface area contributed by atoms with E-state index in [2.05, 4.69) is 70.3 Å². The summed E-state index contributed by atoms with van der Waals surface area (Å²) in [7, 11) is 0. The van der Waals surface area contributed by atoms with Crippen molar-refractivity contribution in [1.82, 2.24) is 14.5 Å². The van der Waals surface area contributed by atoms with Crippen LogP contribution in [0.2, 0.25) is 0 Å². The molecule has 1 aromatic heterocycles. The van der Waals surface area contributed by atoms with Gasteiger partial charge in [-0.25, -0.2) is 4.98 Å². The molecule has 1 unspecified atom stereocenters. The van der Waals surface area contributed by atoms with Crippen molar-refractivity contribution in [3.8, 4) is 0 Å². The number of aliphatic hydroxyl groups excluding tert-OH is 1. The zero-order valence-electron chi connectivity index (χ0n) is 27.7. The summed E-state index contributed by atoms with van der Waals surface area (Å²) in [4.78, 5) is 23.9. The fourth-order valence-electron chi connectivity index (χ4n) is 5.58. The SMILES string of the molecule is C/C=C(/C)N=C(Cn1c(NCCCN2CCOC(CC(=O)OCC)C2)nc2ccc(CNc3cc(C)cc(C)c3)cc21)[C@H](C)O. The van der Waals surface area contributed by atoms with Gasteiger partial charge < -0.3 is 29.8 Å². The first kappa shape index (κ1) is 34.1. The average molecular weight is 619 g/mol. The van der Waals surface area contributed by atoms with Crippen LogP contribution in [0.3, 0.4) is 0 Å². The van der Waals surface area contributed by atoms with E-state index in [4.69, 9.17) is 19.5 Å². The van der Waals surface area contributed by atoms with Gasteiger partial charge >= 0.3 is 5.97 Å². The number of ether oxygens (including phenoxy) is 2. The highest BCUT2D eigenvalue weighted by molar-refractivity contribution is 5.91. The minimum Gasteiger partial charge on any atom is -0.466 e. The van der Waals surface area contributed by atoms with Crippen LogP contribution in [0.5, 0.6) is 0 Å². The second kappa shape index (κ2) is 16.5. The van der Waals surface area contributed by atoms with Crippen LogP contribution in [0.1, 0.15) is 57.2 Å². The number of benzene rings is 2. The molecule has 2 atom stereocenters. The van der Waals surface area contributed by atoms with Gasteiger partial charge in [-0.1, -0.05) is 18.2 Å². The quantitative estimate of drug-likeness (QED) is 0.117. The molecule has 1 aliphatic rings. The normalized spacial score (nSPS) is 17.0. The molecular weight excluding hydrogens is 568 g/mol. The number of aliphatic hydroxyl groups is 1. The standard InChI is InChI=1S/C35H50N6O4/c1-7-26(5)38-32(27(6)42)23-41-33-19-28(21-37-29-17-24(3)16-25(4)18-29)10-11-31(33)39-35(41)36-12-9-13-40-14-15-45-30(22-40)20-34(43)44-8-2/h7,10-11,16-19,27,30,37,42H,8-9,12-15,20-23H2,1-6H3,(H,36,39)/b26-7-,38-32?/t27-,30?/m0/s1. The summed E-state index contributed by atoms with van der Waals surface area (Å²) in [5.41, 5.74) is 8.10. The Kier molecular flexibility index (Phi) is 12.6. The fourth-order valence-corrected chi connectivity index (χ4v) is 5.58. The lowest BCUT2D eigenvalue weighted by atomic mass is 10.1. The maximum absolute atomic E-state index is 11.9. The van der Waals surface area contributed by atoms with E-state index in [1.165, 1.54) is 11.1 Å². The molecule has 0 amide bonds. The number of anilines is 2. The smallest absolute Gasteiger partial charge is 0.308 e. The van der Waals surface area contributed by atoms with Crippen LogP contribution in [0.15, 0.2) is 53.2 Å². The van der Waals surface area contributed by atoms with Crippen LogP contribution in [0.25, 0.3) is 11.0 Å². The number of nitrogens with zero attached hydrogens (tertiary/aromatic N) is 4. The summed E-state index contributed by atoms with van der Waals surface area (Å²) < 4.78 is 13.0. The molecule has 1 aliphatic heterocycles. The topological polar surface area (TPSA) is 113 Å². The van der Waals surface area contributed by atoms with Crippen molar-refractivity contribution < 1.29 is 19.4 Å². The molecule has 1 saturated heterocycles. The number of imidazole rings is 1. The van der Waals surface area contributed by atoms with Gasteiger partial charge in [-0.05, 0) is 88.9 Å². The number of morpholine rings is 1. The maximum Gasteiger partial charge on any atom is 0.308 e. The van der Waals surface area contributed by atoms with Crippen molar-refractivity contribution in [2.24, 2.45) is 4.99 Å². The summed E-state index contributed by atoms with van der Waals surface area (Å²) in [5.74, 6) is 0.539. The Balaban J connectivity index is 1.49. The molecule has 10 heteroatoms. The Labute approximate surface area is 267 Å². The van der Waals surface area contributed by atoms with Gasteiger partial charge in [0.25, 0.3) is 0 Å². The molecule has 2 aromatic carbocycles. The van der Waals surface area contributed by atoms with Crippen molar-refractivity contribution in [3.05, 3.63) is 64.9 Å². The van der Waals surface area contributed by atoms with E-state index in [9.17, 15) is 9.90 Å². The predicted octanol–water partition coefficient (Wildman–Crippen LogP) is 5.47. The lowest BCUT2D eigenvalue weighted by molar-refractivity contribution is -0.148. The first-order valence-corrected chi connectivity index (χ1v) is 16.1. The van der Waals surface area contributed by atoms with Crippen LogP contribution in [-0.2, 0) is 27.4 Å². The van der Waals surface area contributed by atoms with Crippen LogP contribution >= 0.6 is 0 Å². The summed E-state index contributed by atoms with van der Waals surface area (Å²) in [6, 6.07) is 12.8. The predicted molar refractivity (Wildman–Crippen MR) is 182 cm³/mol. The summed E-state index contributed by atoms with van der Waals surface area (Å²) in [5, 5.41) is 17.7. The van der Waals surface area contributed by atoms with Crippen LogP contribution in [-0.4, -0.2) is 82.8 Å². The molecule has 3 aromatic rings. The second-order valence-corrected chi connectivity index (χ2v) is 11.9. The highest BCUT2D eigenvalue weighted by atomic mass is 16.5. The van der Waals surface area contributed by atoms with Gasteiger partial charge in [0.15, 0.2) is 0 Å². The van der Waals surface area contributed by atoms with Crippen molar-refractivity contribution in [2.45, 2.75) is 79.7 Å². The van der Waals surface area contributed by atoms with Crippen molar-refractivity contribution in [1.29, 1.82) is 0 Å². The number of carbonyl (C=O) groups is 1. The Bertz CT molecular complexity index is 1470. The number of allylic oxidation sites excluding steroid dienone is 2. The van der Waals surface area contributed by atoms with Gasteiger partial charge in [0.1, 0.15) is 0 Å². The minimum absolute atomic E-state index is 0.132. The molecule has 10 nitrogen and oxygen atoms in total. The third-order valence-corrected chi connectivity index (χ3v) is 7.93. The molecule has 45 heavy (non-hydrogen) atoms. The summed E-state index contributed by atoms with van der Waals surface area (Å²) >= 11 is 0. The van der Waals surface area contributed by atoms with Crippen LogP contribution in [0.4, 0.5) is 11.6 Å². The highest BCUT2D eigenvalue weighted by Gasteiger charge is 2.23. The van der Waals surface area contributed by atoms with Gasteiger partial charge in [-0.2, -0.15) is 0 Å². The Morgan fingerprint density at radius 1 is 1.22 bits per heavy atom. The molecule has 1 fully saturated rings. The Morgan fingerprint density at radius 2 is 2.00 bits per heavy atom. The van der Waals surface area contributed by atoms with Gasteiger partial charge in [0, 0.05) is 44.1 Å². The van der Waals surface area contributed by atoms with Gasteiger partial charge in [-0.15, -0.1) is 0 Å². The summed E-state index contributed by atoms with van der Waals surface area (Å²) in [6.45, 7) is 16.9. The molecule has 2 heterocycles. The van der Waals surface area contributed by atoms with E-state index in [0.29, 0.717) is 32.0 Å². The number of rotatable bonds is 15. The number of fused-ring (bicyclic) bond motifs is 1. The molecular formula is C35H50N6O4. The van der Waals surface area contributed by atoms with Gasteiger partial charge in [0.05, 0.1) is 55.1 Å². The molecule has 244 valence electrons. The van der Waals surface area contributed by atoms with Crippen molar-refractivity contribution in [3.63, 3.8) is 0 Å². The summed E-state index contributed by atoms with van der Waals surface area (Å²) in [6.07, 6.45) is 2.29. The Morgan fingerprint density at radius 3 is 2.71 bits per heavy atom. The third-order valence-electron chi connectivity index (χ3n) is 7.93.